The Kier molecular flexibility index (Phi) is 1.03. The van der Waals surface area contributed by atoms with Crippen molar-refractivity contribution in [3.05, 3.63) is 12.5 Å². The molecule has 0 fully saturated rings. The number of aromatic nitrogens is 4. The van der Waals surface area contributed by atoms with Gasteiger partial charge < -0.3 is 10.6 Å². The molecule has 0 unspecified atom stereocenters. The lowest BCUT2D eigenvalue weighted by Crippen LogP contribution is -2.12. The number of hydrogen-bond acceptors (Lipinski definition) is 4. The zero-order valence-corrected chi connectivity index (χ0v) is 5.93. The van der Waals surface area contributed by atoms with Crippen LogP contribution in [-0.4, -0.2) is 26.7 Å². The molecule has 0 atom stereocenters. The molecule has 0 amide bonds. The number of imidazole rings is 1. The Morgan fingerprint density at radius 3 is 3.18 bits per heavy atom. The van der Waals surface area contributed by atoms with Gasteiger partial charge in [-0.15, -0.1) is 5.10 Å². The van der Waals surface area contributed by atoms with Crippen LogP contribution in [0.5, 0.6) is 0 Å². The van der Waals surface area contributed by atoms with Crippen LogP contribution in [0.25, 0.3) is 5.52 Å². The lowest BCUT2D eigenvalue weighted by Gasteiger charge is -1.96. The Morgan fingerprint density at radius 1 is 1.64 bits per heavy atom. The normalized spacial score (nSPS) is 10.6. The lowest BCUT2D eigenvalue weighted by molar-refractivity contribution is 0.0891. The minimum atomic E-state index is 0.452. The van der Waals surface area contributed by atoms with Crippen LogP contribution in [-0.2, 0) is 0 Å². The Labute approximate surface area is 62.1 Å². The SMILES string of the molecule is COn1ncc2c(N)ncn21. The molecule has 0 spiro atoms. The molecule has 2 rings (SSSR count). The summed E-state index contributed by atoms with van der Waals surface area (Å²) in [5.74, 6) is 0.452. The van der Waals surface area contributed by atoms with Gasteiger partial charge in [-0.3, -0.25) is 0 Å². The molecular weight excluding hydrogens is 146 g/mol. The number of rotatable bonds is 1. The summed E-state index contributed by atoms with van der Waals surface area (Å²) >= 11 is 0. The Balaban J connectivity index is 2.77. The summed E-state index contributed by atoms with van der Waals surface area (Å²) in [6.07, 6.45) is 3.13. The highest BCUT2D eigenvalue weighted by Crippen LogP contribution is 2.07. The maximum atomic E-state index is 5.50. The van der Waals surface area contributed by atoms with Gasteiger partial charge in [0.1, 0.15) is 19.0 Å². The largest absolute Gasteiger partial charge is 0.386 e. The van der Waals surface area contributed by atoms with Crippen LogP contribution in [0.2, 0.25) is 0 Å². The van der Waals surface area contributed by atoms with Crippen molar-refractivity contribution in [1.29, 1.82) is 0 Å². The van der Waals surface area contributed by atoms with Gasteiger partial charge in [0.25, 0.3) is 0 Å². The van der Waals surface area contributed by atoms with Crippen molar-refractivity contribution in [2.75, 3.05) is 12.8 Å². The van der Waals surface area contributed by atoms with Crippen LogP contribution in [0.15, 0.2) is 12.5 Å². The van der Waals surface area contributed by atoms with E-state index in [1.54, 1.807) is 17.0 Å². The van der Waals surface area contributed by atoms with Crippen LogP contribution in [0, 0.1) is 0 Å². The number of nitrogens with zero attached hydrogens (tertiary/aromatic N) is 4. The minimum absolute atomic E-state index is 0.452. The predicted octanol–water partition coefficient (Wildman–Crippen LogP) is -0.829. The van der Waals surface area contributed by atoms with Crippen molar-refractivity contribution in [2.45, 2.75) is 0 Å². The molecule has 2 aromatic heterocycles. The zero-order chi connectivity index (χ0) is 7.84. The van der Waals surface area contributed by atoms with Gasteiger partial charge in [0.05, 0.1) is 6.20 Å². The summed E-state index contributed by atoms with van der Waals surface area (Å²) < 4.78 is 1.61. The van der Waals surface area contributed by atoms with Crippen molar-refractivity contribution >= 4 is 11.3 Å². The maximum Gasteiger partial charge on any atom is 0.153 e. The van der Waals surface area contributed by atoms with Gasteiger partial charge in [0.2, 0.25) is 0 Å². The molecule has 0 radical (unpaired) electrons. The van der Waals surface area contributed by atoms with Crippen LogP contribution < -0.4 is 10.6 Å². The van der Waals surface area contributed by atoms with Crippen molar-refractivity contribution in [2.24, 2.45) is 0 Å². The van der Waals surface area contributed by atoms with Crippen molar-refractivity contribution < 1.29 is 4.84 Å². The number of fused-ring (bicyclic) bond motifs is 1. The Bertz CT molecular complexity index is 375. The second kappa shape index (κ2) is 1.88. The fraction of sp³-hybridized carbons (Fsp3) is 0.200. The molecule has 2 heterocycles. The van der Waals surface area contributed by atoms with Crippen LogP contribution >= 0.6 is 0 Å². The second-order valence-electron chi connectivity index (χ2n) is 2.04. The predicted molar refractivity (Wildman–Crippen MR) is 37.9 cm³/mol. The quantitative estimate of drug-likeness (QED) is 0.580. The lowest BCUT2D eigenvalue weighted by atomic mass is 10.6. The van der Waals surface area contributed by atoms with E-state index in [4.69, 9.17) is 10.6 Å². The van der Waals surface area contributed by atoms with E-state index < -0.39 is 0 Å². The molecule has 2 N–H and O–H groups in total. The molecule has 58 valence electrons. The molecule has 0 bridgehead atoms. The molecule has 2 aromatic rings. The van der Waals surface area contributed by atoms with Gasteiger partial charge >= 0.3 is 0 Å². The first-order chi connectivity index (χ1) is 5.33. The summed E-state index contributed by atoms with van der Waals surface area (Å²) in [4.78, 5) is 10.0. The fourth-order valence-corrected chi connectivity index (χ4v) is 0.919. The van der Waals surface area contributed by atoms with Gasteiger partial charge in [-0.1, -0.05) is 0 Å². The third-order valence-corrected chi connectivity index (χ3v) is 1.44. The molecule has 11 heavy (non-hydrogen) atoms. The number of hydrogen-bond donors (Lipinski definition) is 1. The molecule has 0 aromatic carbocycles. The smallest absolute Gasteiger partial charge is 0.153 e. The van der Waals surface area contributed by atoms with Gasteiger partial charge in [0.15, 0.2) is 5.82 Å². The van der Waals surface area contributed by atoms with Crippen molar-refractivity contribution in [3.8, 4) is 0 Å². The van der Waals surface area contributed by atoms with E-state index >= 15 is 0 Å². The summed E-state index contributed by atoms with van der Waals surface area (Å²) in [6.45, 7) is 0. The van der Waals surface area contributed by atoms with Crippen LogP contribution in [0.3, 0.4) is 0 Å². The van der Waals surface area contributed by atoms with E-state index in [9.17, 15) is 0 Å². The van der Waals surface area contributed by atoms with Gasteiger partial charge in [-0.2, -0.15) is 4.52 Å². The van der Waals surface area contributed by atoms with Gasteiger partial charge in [-0.05, 0) is 4.96 Å². The number of anilines is 1. The van der Waals surface area contributed by atoms with Crippen molar-refractivity contribution in [1.82, 2.24) is 19.6 Å². The van der Waals surface area contributed by atoms with E-state index in [1.165, 1.54) is 12.1 Å². The highest BCUT2D eigenvalue weighted by Gasteiger charge is 2.04. The summed E-state index contributed by atoms with van der Waals surface area (Å²) in [6, 6.07) is 0. The van der Waals surface area contributed by atoms with Crippen molar-refractivity contribution in [3.63, 3.8) is 0 Å². The molecule has 6 heteroatoms. The van der Waals surface area contributed by atoms with Gasteiger partial charge in [0, 0.05) is 0 Å². The van der Waals surface area contributed by atoms with E-state index in [0.29, 0.717) is 5.82 Å². The second-order valence-corrected chi connectivity index (χ2v) is 2.04. The molecular formula is C5H7N5O. The van der Waals surface area contributed by atoms with E-state index in [-0.39, 0.29) is 0 Å². The first-order valence-electron chi connectivity index (χ1n) is 3.04. The average molecular weight is 153 g/mol. The number of nitrogens with two attached hydrogens (primary N) is 1. The first kappa shape index (κ1) is 6.02. The van der Waals surface area contributed by atoms with E-state index in [0.717, 1.165) is 5.52 Å². The summed E-state index contributed by atoms with van der Waals surface area (Å²) in [7, 11) is 1.52. The molecule has 0 aliphatic carbocycles. The summed E-state index contributed by atoms with van der Waals surface area (Å²) in [5.41, 5.74) is 6.25. The maximum absolute atomic E-state index is 5.50. The third-order valence-electron chi connectivity index (χ3n) is 1.44. The monoisotopic (exact) mass is 153 g/mol. The van der Waals surface area contributed by atoms with E-state index in [1.807, 2.05) is 0 Å². The Morgan fingerprint density at radius 2 is 2.45 bits per heavy atom. The highest BCUT2D eigenvalue weighted by molar-refractivity contribution is 5.63. The van der Waals surface area contributed by atoms with E-state index in [2.05, 4.69) is 10.1 Å². The molecule has 0 aliphatic heterocycles. The van der Waals surface area contributed by atoms with Crippen LogP contribution in [0.1, 0.15) is 0 Å². The average Bonchev–Trinajstić information content (AvgIpc) is 2.53. The fourth-order valence-electron chi connectivity index (χ4n) is 0.919. The number of nitrogen functional groups attached to an aromatic ring is 1. The molecule has 0 saturated heterocycles. The van der Waals surface area contributed by atoms with Crippen LogP contribution in [0.4, 0.5) is 5.82 Å². The topological polar surface area (TPSA) is 70.4 Å². The minimum Gasteiger partial charge on any atom is -0.386 e. The molecule has 0 aliphatic rings. The molecule has 6 nitrogen and oxygen atoms in total. The zero-order valence-electron chi connectivity index (χ0n) is 5.93. The molecule has 0 saturated carbocycles. The Hall–Kier alpha value is -1.72. The standard InChI is InChI=1S/C5H7N5O/c1-11-10-8-2-4-5(6)7-3-9(4)10/h2-3H,6H2,1H3. The highest BCUT2D eigenvalue weighted by atomic mass is 16.7. The summed E-state index contributed by atoms with van der Waals surface area (Å²) in [5, 5.41) is 3.87. The first-order valence-corrected chi connectivity index (χ1v) is 3.04. The van der Waals surface area contributed by atoms with Gasteiger partial charge in [-0.25, -0.2) is 4.98 Å². The third kappa shape index (κ3) is 0.658.